The van der Waals surface area contributed by atoms with Gasteiger partial charge >= 0.3 is 6.03 Å². The summed E-state index contributed by atoms with van der Waals surface area (Å²) < 4.78 is 10.8. The summed E-state index contributed by atoms with van der Waals surface area (Å²) in [5.41, 5.74) is -0.786. The summed E-state index contributed by atoms with van der Waals surface area (Å²) >= 11 is 5.87. The minimum Gasteiger partial charge on any atom is -0.492 e. The number of nitrogens with one attached hydrogen (secondary N) is 1. The molecule has 0 aliphatic carbocycles. The zero-order chi connectivity index (χ0) is 15.6. The Labute approximate surface area is 133 Å². The maximum atomic E-state index is 12.5. The lowest BCUT2D eigenvalue weighted by Crippen LogP contribution is -2.51. The highest BCUT2D eigenvalue weighted by Gasteiger charge is 2.51. The number of hydrogen-bond donors (Lipinski definition) is 1. The van der Waals surface area contributed by atoms with Gasteiger partial charge in [-0.25, -0.2) is 4.79 Å². The highest BCUT2D eigenvalue weighted by molar-refractivity contribution is 6.30. The minimum atomic E-state index is -0.786. The smallest absolute Gasteiger partial charge is 0.325 e. The Kier molecular flexibility index (Phi) is 4.22. The van der Waals surface area contributed by atoms with Crippen LogP contribution in [0.15, 0.2) is 24.3 Å². The summed E-state index contributed by atoms with van der Waals surface area (Å²) in [5.74, 6) is 0.427. The van der Waals surface area contributed by atoms with Crippen LogP contribution in [0.2, 0.25) is 5.02 Å². The number of nitrogens with zero attached hydrogens (tertiary/aromatic N) is 1. The SMILES string of the molecule is O=C1NC2(CCOCC2)C(=O)N1CCOc1cccc(Cl)c1. The molecule has 1 aromatic carbocycles. The average molecular weight is 325 g/mol. The number of imide groups is 1. The molecule has 3 rings (SSSR count). The summed E-state index contributed by atoms with van der Waals surface area (Å²) in [6.45, 7) is 1.41. The Balaban J connectivity index is 1.58. The molecule has 0 atom stereocenters. The van der Waals surface area contributed by atoms with Crippen LogP contribution in [-0.4, -0.2) is 48.7 Å². The zero-order valence-corrected chi connectivity index (χ0v) is 12.8. The third-order valence-corrected chi connectivity index (χ3v) is 4.21. The fourth-order valence-electron chi connectivity index (χ4n) is 2.75. The van der Waals surface area contributed by atoms with Crippen LogP contribution >= 0.6 is 11.6 Å². The Morgan fingerprint density at radius 1 is 1.32 bits per heavy atom. The first-order chi connectivity index (χ1) is 10.6. The molecule has 0 saturated carbocycles. The van der Waals surface area contributed by atoms with Crippen molar-refractivity contribution in [3.05, 3.63) is 29.3 Å². The van der Waals surface area contributed by atoms with Gasteiger partial charge in [0.05, 0.1) is 6.54 Å². The van der Waals surface area contributed by atoms with E-state index in [0.29, 0.717) is 36.8 Å². The molecule has 0 bridgehead atoms. The second kappa shape index (κ2) is 6.14. The molecule has 7 heteroatoms. The van der Waals surface area contributed by atoms with Crippen LogP contribution in [0.5, 0.6) is 5.75 Å². The molecule has 2 fully saturated rings. The van der Waals surface area contributed by atoms with Crippen LogP contribution in [0.3, 0.4) is 0 Å². The monoisotopic (exact) mass is 324 g/mol. The Hall–Kier alpha value is -1.79. The number of carbonyl (C=O) groups is 2. The highest BCUT2D eigenvalue weighted by atomic mass is 35.5. The molecule has 1 N–H and O–H groups in total. The Bertz CT molecular complexity index is 587. The molecular formula is C15H17ClN2O4. The fourth-order valence-corrected chi connectivity index (χ4v) is 2.93. The van der Waals surface area contributed by atoms with E-state index in [0.717, 1.165) is 0 Å². The summed E-state index contributed by atoms with van der Waals surface area (Å²) in [4.78, 5) is 25.7. The van der Waals surface area contributed by atoms with E-state index in [4.69, 9.17) is 21.1 Å². The number of halogens is 1. The van der Waals surface area contributed by atoms with E-state index in [9.17, 15) is 9.59 Å². The summed E-state index contributed by atoms with van der Waals surface area (Å²) in [5, 5.41) is 3.39. The van der Waals surface area contributed by atoms with Crippen molar-refractivity contribution in [3.8, 4) is 5.75 Å². The van der Waals surface area contributed by atoms with Crippen molar-refractivity contribution in [1.29, 1.82) is 0 Å². The maximum Gasteiger partial charge on any atom is 0.325 e. The van der Waals surface area contributed by atoms with E-state index in [1.807, 2.05) is 0 Å². The van der Waals surface area contributed by atoms with Gasteiger partial charge in [-0.2, -0.15) is 0 Å². The molecule has 0 aromatic heterocycles. The number of rotatable bonds is 4. The molecular weight excluding hydrogens is 308 g/mol. The molecule has 2 heterocycles. The van der Waals surface area contributed by atoms with Gasteiger partial charge in [0.25, 0.3) is 5.91 Å². The number of urea groups is 1. The van der Waals surface area contributed by atoms with Gasteiger partial charge in [-0.15, -0.1) is 0 Å². The standard InChI is InChI=1S/C15H17ClN2O4/c16-11-2-1-3-12(10-11)22-9-6-18-13(19)15(17-14(18)20)4-7-21-8-5-15/h1-3,10H,4-9H2,(H,17,20). The van der Waals surface area contributed by atoms with Crippen molar-refractivity contribution in [1.82, 2.24) is 10.2 Å². The van der Waals surface area contributed by atoms with Gasteiger partial charge in [-0.05, 0) is 18.2 Å². The first-order valence-electron chi connectivity index (χ1n) is 7.21. The average Bonchev–Trinajstić information content (AvgIpc) is 2.72. The van der Waals surface area contributed by atoms with Crippen LogP contribution in [0.4, 0.5) is 4.79 Å². The van der Waals surface area contributed by atoms with E-state index in [2.05, 4.69) is 5.32 Å². The number of carbonyl (C=O) groups excluding carboxylic acids is 2. The molecule has 0 unspecified atom stereocenters. The van der Waals surface area contributed by atoms with Crippen LogP contribution in [0.25, 0.3) is 0 Å². The number of ether oxygens (including phenoxy) is 2. The normalized spacial score (nSPS) is 20.3. The highest BCUT2D eigenvalue weighted by Crippen LogP contribution is 2.28. The predicted molar refractivity (Wildman–Crippen MR) is 80.0 cm³/mol. The van der Waals surface area contributed by atoms with Crippen molar-refractivity contribution >= 4 is 23.5 Å². The van der Waals surface area contributed by atoms with Gasteiger partial charge in [0.15, 0.2) is 0 Å². The minimum absolute atomic E-state index is 0.185. The van der Waals surface area contributed by atoms with E-state index in [1.54, 1.807) is 24.3 Å². The van der Waals surface area contributed by atoms with Crippen LogP contribution in [0, 0.1) is 0 Å². The summed E-state index contributed by atoms with van der Waals surface area (Å²) in [6.07, 6.45) is 1.03. The molecule has 22 heavy (non-hydrogen) atoms. The molecule has 0 radical (unpaired) electrons. The third kappa shape index (κ3) is 2.89. The van der Waals surface area contributed by atoms with Gasteiger partial charge in [0.1, 0.15) is 17.9 Å². The lowest BCUT2D eigenvalue weighted by molar-refractivity contribution is -0.134. The molecule has 1 spiro atoms. The van der Waals surface area contributed by atoms with Crippen LogP contribution < -0.4 is 10.1 Å². The molecule has 1 aromatic rings. The summed E-state index contributed by atoms with van der Waals surface area (Å²) in [7, 11) is 0. The topological polar surface area (TPSA) is 67.9 Å². The van der Waals surface area contributed by atoms with Crippen molar-refractivity contribution < 1.29 is 19.1 Å². The lowest BCUT2D eigenvalue weighted by atomic mass is 9.90. The van der Waals surface area contributed by atoms with Gasteiger partial charge < -0.3 is 14.8 Å². The van der Waals surface area contributed by atoms with E-state index in [1.165, 1.54) is 4.90 Å². The molecule has 118 valence electrons. The first-order valence-corrected chi connectivity index (χ1v) is 7.59. The first kappa shape index (κ1) is 15.1. The maximum absolute atomic E-state index is 12.5. The van der Waals surface area contributed by atoms with Crippen molar-refractivity contribution in [2.24, 2.45) is 0 Å². The van der Waals surface area contributed by atoms with Gasteiger partial charge in [0, 0.05) is 31.1 Å². The summed E-state index contributed by atoms with van der Waals surface area (Å²) in [6, 6.07) is 6.63. The van der Waals surface area contributed by atoms with E-state index in [-0.39, 0.29) is 25.1 Å². The van der Waals surface area contributed by atoms with Crippen molar-refractivity contribution in [2.75, 3.05) is 26.4 Å². The molecule has 2 aliphatic rings. The van der Waals surface area contributed by atoms with Crippen molar-refractivity contribution in [3.63, 3.8) is 0 Å². The predicted octanol–water partition coefficient (Wildman–Crippen LogP) is 1.82. The van der Waals surface area contributed by atoms with Crippen LogP contribution in [0.1, 0.15) is 12.8 Å². The largest absolute Gasteiger partial charge is 0.492 e. The molecule has 3 amide bonds. The quantitative estimate of drug-likeness (QED) is 0.858. The Morgan fingerprint density at radius 2 is 2.09 bits per heavy atom. The molecule has 6 nitrogen and oxygen atoms in total. The number of benzene rings is 1. The third-order valence-electron chi connectivity index (χ3n) is 3.97. The Morgan fingerprint density at radius 3 is 2.82 bits per heavy atom. The van der Waals surface area contributed by atoms with Gasteiger partial charge in [0.2, 0.25) is 0 Å². The second-order valence-corrected chi connectivity index (χ2v) is 5.82. The van der Waals surface area contributed by atoms with E-state index < -0.39 is 5.54 Å². The molecule has 2 aliphatic heterocycles. The van der Waals surface area contributed by atoms with Gasteiger partial charge in [-0.1, -0.05) is 17.7 Å². The number of hydrogen-bond acceptors (Lipinski definition) is 4. The van der Waals surface area contributed by atoms with Crippen LogP contribution in [-0.2, 0) is 9.53 Å². The van der Waals surface area contributed by atoms with Gasteiger partial charge in [-0.3, -0.25) is 9.69 Å². The van der Waals surface area contributed by atoms with Crippen molar-refractivity contribution in [2.45, 2.75) is 18.4 Å². The molecule has 2 saturated heterocycles. The van der Waals surface area contributed by atoms with E-state index >= 15 is 0 Å². The number of amides is 3. The zero-order valence-electron chi connectivity index (χ0n) is 12.0. The lowest BCUT2D eigenvalue weighted by Gasteiger charge is -2.30. The second-order valence-electron chi connectivity index (χ2n) is 5.39. The fraction of sp³-hybridized carbons (Fsp3) is 0.467.